The van der Waals surface area contributed by atoms with Crippen molar-refractivity contribution in [3.63, 3.8) is 0 Å². The van der Waals surface area contributed by atoms with E-state index in [1.807, 2.05) is 0 Å². The largest absolute Gasteiger partial charge is 0.370 e. The lowest BCUT2D eigenvalue weighted by Crippen LogP contribution is -2.59. The molecule has 17 N–H and O–H groups in total. The van der Waals surface area contributed by atoms with Gasteiger partial charge in [0.1, 0.15) is 30.5 Å². The lowest BCUT2D eigenvalue weighted by molar-refractivity contribution is -0.139. The van der Waals surface area contributed by atoms with Crippen molar-refractivity contribution >= 4 is 65.4 Å². The van der Waals surface area contributed by atoms with Gasteiger partial charge in [-0.1, -0.05) is 40.5 Å². The molecule has 1 fully saturated rings. The van der Waals surface area contributed by atoms with Gasteiger partial charge in [0.15, 0.2) is 5.96 Å². The van der Waals surface area contributed by atoms with Crippen LogP contribution in [0.4, 0.5) is 0 Å². The summed E-state index contributed by atoms with van der Waals surface area (Å²) in [5.74, 6) is -7.03. The van der Waals surface area contributed by atoms with Crippen LogP contribution in [0, 0.1) is 11.8 Å². The van der Waals surface area contributed by atoms with Crippen molar-refractivity contribution < 1.29 is 47.9 Å². The number of nitrogens with two attached hydrogens (primary N) is 5. The Bertz CT molecular complexity index is 1610. The summed E-state index contributed by atoms with van der Waals surface area (Å²) in [5.41, 5.74) is 27.4. The molecule has 1 rings (SSSR count). The molecule has 0 aliphatic carbocycles. The second-order valence-corrected chi connectivity index (χ2v) is 15.8. The van der Waals surface area contributed by atoms with Crippen LogP contribution < -0.4 is 65.9 Å². The highest BCUT2D eigenvalue weighted by Crippen LogP contribution is 2.18. The van der Waals surface area contributed by atoms with Gasteiger partial charge in [-0.25, -0.2) is 0 Å². The summed E-state index contributed by atoms with van der Waals surface area (Å²) in [6.45, 7) is 6.13. The number of carbonyl (C=O) groups excluding carboxylic acids is 10. The fourth-order valence-electron chi connectivity index (χ4n) is 6.41. The molecule has 0 aromatic carbocycles. The number of rotatable bonds is 30. The standard InChI is InChI=1S/C39H70N14O10/c1-5-23(4)33(37(62)48-20-31(58)53-17-9-12-27(53)36(61)47-18-29(56)49-24(21-54)13-14-28(42)55)52-35(60)26(11-8-16-45-39(43)44)50-38(63)32(22(2)3)51-30(57)19-46-34(59)25(41)10-6-7-15-40/h21-27,32-33H,5-20,40-41H2,1-4H3,(H2,42,55)(H,46,59)(H,47,61)(H,48,62)(H,49,56)(H,50,63)(H,51,57)(H,52,60)(H4,43,44,45)/t23-,24-,25-,26-,27-,32-,33-/m0/s1. The molecule has 1 saturated heterocycles. The van der Waals surface area contributed by atoms with Crippen LogP contribution >= 0.6 is 0 Å². The highest BCUT2D eigenvalue weighted by Gasteiger charge is 2.36. The van der Waals surface area contributed by atoms with Crippen molar-refractivity contribution in [2.45, 2.75) is 128 Å². The molecule has 356 valence electrons. The van der Waals surface area contributed by atoms with E-state index in [4.69, 9.17) is 28.7 Å². The smallest absolute Gasteiger partial charge is 0.243 e. The third-order valence-corrected chi connectivity index (χ3v) is 10.3. The number of likely N-dealkylation sites (tertiary alicyclic amines) is 1. The molecule has 9 amide bonds. The summed E-state index contributed by atoms with van der Waals surface area (Å²) in [6.07, 6.45) is 3.44. The fourth-order valence-corrected chi connectivity index (χ4v) is 6.41. The van der Waals surface area contributed by atoms with E-state index in [-0.39, 0.29) is 51.2 Å². The molecule has 24 nitrogen and oxygen atoms in total. The normalized spacial score (nSPS) is 16.2. The van der Waals surface area contributed by atoms with Crippen molar-refractivity contribution in [3.05, 3.63) is 0 Å². The SMILES string of the molecule is CC[C@H](C)[C@H](NC(=O)[C@H](CCCN=C(N)N)NC(=O)[C@@H](NC(=O)CNC(=O)[C@@H](N)CCCCN)C(C)C)C(=O)NCC(=O)N1CCC[C@H]1C(=O)NCC(=O)N[C@H](C=O)CCC(N)=O. The van der Waals surface area contributed by atoms with Gasteiger partial charge in [0.2, 0.25) is 53.2 Å². The Labute approximate surface area is 367 Å². The van der Waals surface area contributed by atoms with Crippen LogP contribution in [0.25, 0.3) is 0 Å². The number of hydrogen-bond acceptors (Lipinski definition) is 13. The maximum atomic E-state index is 13.9. The maximum absolute atomic E-state index is 13.9. The summed E-state index contributed by atoms with van der Waals surface area (Å²) in [5, 5.41) is 17.8. The van der Waals surface area contributed by atoms with Gasteiger partial charge in [0.25, 0.3) is 0 Å². The van der Waals surface area contributed by atoms with Gasteiger partial charge in [-0.05, 0) is 63.3 Å². The van der Waals surface area contributed by atoms with Crippen LogP contribution in [0.15, 0.2) is 4.99 Å². The van der Waals surface area contributed by atoms with E-state index in [1.165, 1.54) is 4.90 Å². The van der Waals surface area contributed by atoms with E-state index in [1.54, 1.807) is 27.7 Å². The summed E-state index contributed by atoms with van der Waals surface area (Å²) in [4.78, 5) is 132. The molecule has 0 spiro atoms. The Morgan fingerprint density at radius 1 is 0.746 bits per heavy atom. The van der Waals surface area contributed by atoms with Crippen molar-refractivity contribution in [1.29, 1.82) is 0 Å². The van der Waals surface area contributed by atoms with E-state index in [2.05, 4.69) is 42.2 Å². The van der Waals surface area contributed by atoms with Crippen molar-refractivity contribution in [2.75, 3.05) is 39.3 Å². The van der Waals surface area contributed by atoms with Crippen molar-refractivity contribution in [2.24, 2.45) is 45.5 Å². The molecule has 0 bridgehead atoms. The number of primary amides is 1. The molecule has 0 aromatic rings. The molecule has 1 aliphatic heterocycles. The van der Waals surface area contributed by atoms with Crippen LogP contribution in [0.5, 0.6) is 0 Å². The first-order chi connectivity index (χ1) is 29.7. The predicted octanol–water partition coefficient (Wildman–Crippen LogP) is -5.06. The van der Waals surface area contributed by atoms with Gasteiger partial charge >= 0.3 is 0 Å². The van der Waals surface area contributed by atoms with Gasteiger partial charge in [0, 0.05) is 19.5 Å². The third-order valence-electron chi connectivity index (χ3n) is 10.3. The van der Waals surface area contributed by atoms with Crippen LogP contribution in [-0.2, 0) is 47.9 Å². The van der Waals surface area contributed by atoms with Crippen LogP contribution in [0.1, 0.15) is 91.9 Å². The van der Waals surface area contributed by atoms with Crippen molar-refractivity contribution in [1.82, 2.24) is 42.1 Å². The molecule has 24 heteroatoms. The zero-order valence-corrected chi connectivity index (χ0v) is 36.9. The van der Waals surface area contributed by atoms with E-state index >= 15 is 0 Å². The minimum absolute atomic E-state index is 0.00782. The minimum Gasteiger partial charge on any atom is -0.370 e. The first-order valence-corrected chi connectivity index (χ1v) is 21.3. The van der Waals surface area contributed by atoms with Gasteiger partial charge in [-0.2, -0.15) is 0 Å². The second-order valence-electron chi connectivity index (χ2n) is 15.8. The maximum Gasteiger partial charge on any atom is 0.243 e. The first-order valence-electron chi connectivity index (χ1n) is 21.3. The Morgan fingerprint density at radius 2 is 1.40 bits per heavy atom. The number of hydrogen-bond donors (Lipinski definition) is 12. The van der Waals surface area contributed by atoms with E-state index in [0.29, 0.717) is 44.9 Å². The monoisotopic (exact) mass is 895 g/mol. The fraction of sp³-hybridized carbons (Fsp3) is 0.718. The molecule has 0 saturated carbocycles. The molecule has 0 radical (unpaired) electrons. The molecule has 63 heavy (non-hydrogen) atoms. The van der Waals surface area contributed by atoms with E-state index in [9.17, 15) is 47.9 Å². The topological polar surface area (TPSA) is 401 Å². The zero-order valence-electron chi connectivity index (χ0n) is 36.9. The lowest BCUT2D eigenvalue weighted by atomic mass is 9.97. The minimum atomic E-state index is -1.23. The van der Waals surface area contributed by atoms with E-state index in [0.717, 1.165) is 0 Å². The molecule has 0 aromatic heterocycles. The number of guanidine groups is 1. The summed E-state index contributed by atoms with van der Waals surface area (Å²) in [7, 11) is 0. The second kappa shape index (κ2) is 29.4. The Hall–Kier alpha value is -5.91. The number of carbonyl (C=O) groups is 10. The highest BCUT2D eigenvalue weighted by molar-refractivity contribution is 5.97. The van der Waals surface area contributed by atoms with Crippen LogP contribution in [0.2, 0.25) is 0 Å². The van der Waals surface area contributed by atoms with Crippen LogP contribution in [-0.4, -0.2) is 146 Å². The number of unbranched alkanes of at least 4 members (excludes halogenated alkanes) is 1. The predicted molar refractivity (Wildman–Crippen MR) is 231 cm³/mol. The molecular formula is C39H70N14O10. The summed E-state index contributed by atoms with van der Waals surface area (Å²) in [6, 6.07) is -6.31. The van der Waals surface area contributed by atoms with Gasteiger partial charge in [-0.3, -0.25) is 48.1 Å². The Balaban J connectivity index is 3.01. The molecular weight excluding hydrogens is 825 g/mol. The quantitative estimate of drug-likeness (QED) is 0.0139. The average molecular weight is 895 g/mol. The molecule has 1 aliphatic rings. The Kier molecular flexibility index (Phi) is 25.7. The lowest BCUT2D eigenvalue weighted by Gasteiger charge is -2.29. The van der Waals surface area contributed by atoms with Gasteiger partial charge < -0.3 is 75.6 Å². The van der Waals surface area contributed by atoms with Crippen molar-refractivity contribution in [3.8, 4) is 0 Å². The van der Waals surface area contributed by atoms with Gasteiger partial charge in [-0.15, -0.1) is 0 Å². The van der Waals surface area contributed by atoms with Crippen LogP contribution in [0.3, 0.4) is 0 Å². The molecule has 0 unspecified atom stereocenters. The Morgan fingerprint density at radius 3 is 2.00 bits per heavy atom. The molecule has 7 atom stereocenters. The highest BCUT2D eigenvalue weighted by atomic mass is 16.2. The average Bonchev–Trinajstić information content (AvgIpc) is 3.74. The number of amides is 9. The number of nitrogens with zero attached hydrogens (tertiary/aromatic N) is 2. The van der Waals surface area contributed by atoms with E-state index < -0.39 is 121 Å². The first kappa shape index (κ1) is 55.1. The third kappa shape index (κ3) is 21.1. The van der Waals surface area contributed by atoms with Gasteiger partial charge in [0.05, 0.1) is 31.7 Å². The molecule has 1 heterocycles. The number of nitrogens with one attached hydrogen (secondary N) is 7. The number of aldehydes is 1. The number of aliphatic imine (C=N–C) groups is 1. The summed E-state index contributed by atoms with van der Waals surface area (Å²) >= 11 is 0. The zero-order chi connectivity index (χ0) is 47.6. The summed E-state index contributed by atoms with van der Waals surface area (Å²) < 4.78 is 0.